The maximum absolute atomic E-state index is 9.31. The standard InChI is InChI=1S/C16H15N3O/c20-15-5-3-13(4-6-15)12-19-9-8-18-16(19)10-14-2-1-7-17-11-14/h1-9,11,20H,10,12H2. The van der Waals surface area contributed by atoms with Crippen LogP contribution in [0.25, 0.3) is 0 Å². The lowest BCUT2D eigenvalue weighted by atomic mass is 10.2. The molecular weight excluding hydrogens is 250 g/mol. The first-order chi connectivity index (χ1) is 9.81. The van der Waals surface area contributed by atoms with Crippen LogP contribution in [0.15, 0.2) is 61.2 Å². The highest BCUT2D eigenvalue weighted by Gasteiger charge is 2.05. The SMILES string of the molecule is Oc1ccc(Cn2ccnc2Cc2cccnc2)cc1. The van der Waals surface area contributed by atoms with Crippen LogP contribution in [0.5, 0.6) is 5.75 Å². The van der Waals surface area contributed by atoms with Gasteiger partial charge in [0, 0.05) is 37.8 Å². The summed E-state index contributed by atoms with van der Waals surface area (Å²) in [5.41, 5.74) is 2.28. The number of rotatable bonds is 4. The Balaban J connectivity index is 1.78. The fraction of sp³-hybridized carbons (Fsp3) is 0.125. The lowest BCUT2D eigenvalue weighted by Gasteiger charge is -2.08. The second kappa shape index (κ2) is 5.57. The number of pyridine rings is 1. The maximum Gasteiger partial charge on any atom is 0.115 e. The maximum atomic E-state index is 9.31. The Hall–Kier alpha value is -2.62. The molecule has 1 aromatic carbocycles. The van der Waals surface area contributed by atoms with Gasteiger partial charge in [-0.3, -0.25) is 4.98 Å². The molecule has 20 heavy (non-hydrogen) atoms. The molecule has 0 amide bonds. The number of aromatic hydroxyl groups is 1. The van der Waals surface area contributed by atoms with E-state index in [4.69, 9.17) is 0 Å². The summed E-state index contributed by atoms with van der Waals surface area (Å²) in [6.07, 6.45) is 8.18. The molecule has 3 rings (SSSR count). The number of nitrogens with zero attached hydrogens (tertiary/aromatic N) is 3. The summed E-state index contributed by atoms with van der Waals surface area (Å²) in [5, 5.41) is 9.31. The van der Waals surface area contributed by atoms with Crippen LogP contribution in [0, 0.1) is 0 Å². The molecule has 2 aromatic heterocycles. The van der Waals surface area contributed by atoms with E-state index < -0.39 is 0 Å². The van der Waals surface area contributed by atoms with Crippen molar-refractivity contribution in [2.45, 2.75) is 13.0 Å². The third-order valence-corrected chi connectivity index (χ3v) is 3.18. The molecule has 0 aliphatic rings. The van der Waals surface area contributed by atoms with E-state index in [-0.39, 0.29) is 5.75 Å². The van der Waals surface area contributed by atoms with Crippen LogP contribution >= 0.6 is 0 Å². The van der Waals surface area contributed by atoms with Crippen molar-refractivity contribution in [2.75, 3.05) is 0 Å². The molecule has 0 spiro atoms. The second-order valence-electron chi connectivity index (χ2n) is 4.68. The van der Waals surface area contributed by atoms with Crippen LogP contribution in [0.3, 0.4) is 0 Å². The van der Waals surface area contributed by atoms with Crippen LogP contribution in [0.1, 0.15) is 17.0 Å². The predicted molar refractivity (Wildman–Crippen MR) is 76.5 cm³/mol. The number of phenolic OH excluding ortho intramolecular Hbond substituents is 1. The molecule has 0 unspecified atom stereocenters. The average molecular weight is 265 g/mol. The number of hydrogen-bond acceptors (Lipinski definition) is 3. The fourth-order valence-corrected chi connectivity index (χ4v) is 2.13. The molecule has 0 radical (unpaired) electrons. The van der Waals surface area contributed by atoms with Gasteiger partial charge in [0.2, 0.25) is 0 Å². The molecule has 2 heterocycles. The minimum atomic E-state index is 0.287. The van der Waals surface area contributed by atoms with Crippen molar-refractivity contribution >= 4 is 0 Å². The molecule has 4 nitrogen and oxygen atoms in total. The summed E-state index contributed by atoms with van der Waals surface area (Å²) in [5.74, 6) is 1.29. The van der Waals surface area contributed by atoms with Gasteiger partial charge in [-0.15, -0.1) is 0 Å². The van der Waals surface area contributed by atoms with Crippen LogP contribution in [0.4, 0.5) is 0 Å². The van der Waals surface area contributed by atoms with E-state index in [9.17, 15) is 5.11 Å². The molecule has 0 bridgehead atoms. The first kappa shape index (κ1) is 12.4. The van der Waals surface area contributed by atoms with Gasteiger partial charge in [-0.1, -0.05) is 18.2 Å². The number of aromatic nitrogens is 3. The highest BCUT2D eigenvalue weighted by molar-refractivity contribution is 5.26. The van der Waals surface area contributed by atoms with E-state index >= 15 is 0 Å². The number of benzene rings is 1. The topological polar surface area (TPSA) is 50.9 Å². The zero-order valence-electron chi connectivity index (χ0n) is 11.0. The van der Waals surface area contributed by atoms with Crippen molar-refractivity contribution in [3.8, 4) is 5.75 Å². The van der Waals surface area contributed by atoms with Crippen molar-refractivity contribution < 1.29 is 5.11 Å². The normalized spacial score (nSPS) is 10.6. The minimum absolute atomic E-state index is 0.287. The predicted octanol–water partition coefficient (Wildman–Crippen LogP) is 2.62. The van der Waals surface area contributed by atoms with Crippen LogP contribution < -0.4 is 0 Å². The molecule has 100 valence electrons. The second-order valence-corrected chi connectivity index (χ2v) is 4.68. The van der Waals surface area contributed by atoms with Gasteiger partial charge in [-0.05, 0) is 29.3 Å². The Morgan fingerprint density at radius 1 is 1.00 bits per heavy atom. The van der Waals surface area contributed by atoms with Crippen LogP contribution in [0.2, 0.25) is 0 Å². The molecule has 0 saturated carbocycles. The van der Waals surface area contributed by atoms with Gasteiger partial charge in [0.25, 0.3) is 0 Å². The number of phenols is 1. The van der Waals surface area contributed by atoms with E-state index in [2.05, 4.69) is 14.5 Å². The quantitative estimate of drug-likeness (QED) is 0.789. The molecular formula is C16H15N3O. The van der Waals surface area contributed by atoms with Crippen molar-refractivity contribution in [3.63, 3.8) is 0 Å². The van der Waals surface area contributed by atoms with Crippen LogP contribution in [-0.2, 0) is 13.0 Å². The molecule has 1 N–H and O–H groups in total. The summed E-state index contributed by atoms with van der Waals surface area (Å²) in [6, 6.07) is 11.2. The van der Waals surface area contributed by atoms with Crippen LogP contribution in [-0.4, -0.2) is 19.6 Å². The van der Waals surface area contributed by atoms with E-state index in [1.165, 1.54) is 0 Å². The van der Waals surface area contributed by atoms with Gasteiger partial charge in [0.05, 0.1) is 0 Å². The lowest BCUT2D eigenvalue weighted by Crippen LogP contribution is -2.05. The molecule has 0 fully saturated rings. The first-order valence-corrected chi connectivity index (χ1v) is 6.48. The van der Waals surface area contributed by atoms with E-state index in [1.807, 2.05) is 42.9 Å². The smallest absolute Gasteiger partial charge is 0.115 e. The van der Waals surface area contributed by atoms with E-state index in [1.54, 1.807) is 18.3 Å². The number of hydrogen-bond donors (Lipinski definition) is 1. The summed E-state index contributed by atoms with van der Waals surface area (Å²) in [4.78, 5) is 8.53. The van der Waals surface area contributed by atoms with E-state index in [0.29, 0.717) is 0 Å². The highest BCUT2D eigenvalue weighted by atomic mass is 16.3. The molecule has 0 aliphatic carbocycles. The third-order valence-electron chi connectivity index (χ3n) is 3.18. The van der Waals surface area contributed by atoms with Crippen molar-refractivity contribution in [1.82, 2.24) is 14.5 Å². The monoisotopic (exact) mass is 265 g/mol. The minimum Gasteiger partial charge on any atom is -0.508 e. The third kappa shape index (κ3) is 2.85. The zero-order chi connectivity index (χ0) is 13.8. The Kier molecular flexibility index (Phi) is 3.46. The van der Waals surface area contributed by atoms with Gasteiger partial charge in [-0.2, -0.15) is 0 Å². The molecule has 0 aliphatic heterocycles. The molecule has 3 aromatic rings. The Bertz CT molecular complexity index is 674. The largest absolute Gasteiger partial charge is 0.508 e. The molecule has 4 heteroatoms. The van der Waals surface area contributed by atoms with Crippen molar-refractivity contribution in [2.24, 2.45) is 0 Å². The highest BCUT2D eigenvalue weighted by Crippen LogP contribution is 2.13. The summed E-state index contributed by atoms with van der Waals surface area (Å²) in [6.45, 7) is 0.746. The van der Waals surface area contributed by atoms with Gasteiger partial charge in [-0.25, -0.2) is 4.98 Å². The van der Waals surface area contributed by atoms with Crippen molar-refractivity contribution in [1.29, 1.82) is 0 Å². The van der Waals surface area contributed by atoms with Gasteiger partial charge in [0.15, 0.2) is 0 Å². The van der Waals surface area contributed by atoms with Crippen molar-refractivity contribution in [3.05, 3.63) is 78.1 Å². The summed E-state index contributed by atoms with van der Waals surface area (Å²) >= 11 is 0. The first-order valence-electron chi connectivity index (χ1n) is 6.48. The fourth-order valence-electron chi connectivity index (χ4n) is 2.13. The zero-order valence-corrected chi connectivity index (χ0v) is 11.0. The molecule has 0 atom stereocenters. The Labute approximate surface area is 117 Å². The van der Waals surface area contributed by atoms with Gasteiger partial charge in [0.1, 0.15) is 11.6 Å². The number of imidazole rings is 1. The van der Waals surface area contributed by atoms with Gasteiger partial charge < -0.3 is 9.67 Å². The van der Waals surface area contributed by atoms with Gasteiger partial charge >= 0.3 is 0 Å². The lowest BCUT2D eigenvalue weighted by molar-refractivity contribution is 0.475. The molecule has 0 saturated heterocycles. The summed E-state index contributed by atoms with van der Waals surface area (Å²) < 4.78 is 2.11. The summed E-state index contributed by atoms with van der Waals surface area (Å²) in [7, 11) is 0. The van der Waals surface area contributed by atoms with E-state index in [0.717, 1.165) is 29.9 Å². The average Bonchev–Trinajstić information content (AvgIpc) is 2.90. The Morgan fingerprint density at radius 3 is 2.60 bits per heavy atom. The Morgan fingerprint density at radius 2 is 1.85 bits per heavy atom.